The van der Waals surface area contributed by atoms with Crippen LogP contribution in [0.5, 0.6) is 0 Å². The first-order chi connectivity index (χ1) is 18.4. The molecule has 4 unspecified atom stereocenters. The van der Waals surface area contributed by atoms with E-state index in [-0.39, 0.29) is 44.6 Å². The van der Waals surface area contributed by atoms with E-state index < -0.39 is 58.5 Å². The molecule has 2 fully saturated rings. The van der Waals surface area contributed by atoms with Crippen LogP contribution in [0.3, 0.4) is 0 Å². The average molecular weight is 595 g/mol. The Labute approximate surface area is 238 Å². The van der Waals surface area contributed by atoms with Crippen LogP contribution in [0.1, 0.15) is 74.1 Å². The number of thioether (sulfide) groups is 1. The maximum absolute atomic E-state index is 17.2. The van der Waals surface area contributed by atoms with Crippen LogP contribution in [0.15, 0.2) is 23.8 Å². The molecule has 0 radical (unpaired) electrons. The molecule has 39 heavy (non-hydrogen) atoms. The number of allylic oxidation sites excluding steroid dienone is 4. The van der Waals surface area contributed by atoms with E-state index in [9.17, 15) is 19.1 Å². The van der Waals surface area contributed by atoms with Gasteiger partial charge in [0.1, 0.15) is 17.8 Å². The quantitative estimate of drug-likeness (QED) is 0.203. The number of aliphatic hydroxyl groups excluding tert-OH is 1. The molecule has 0 aromatic carbocycles. The molecular weight excluding hydrogens is 548 g/mol. The number of carbonyl (C=O) groups excluding carboxylic acids is 2. The molecule has 224 valence electrons. The van der Waals surface area contributed by atoms with E-state index in [1.54, 1.807) is 6.92 Å². The van der Waals surface area contributed by atoms with Gasteiger partial charge >= 0.3 is 0 Å². The molecule has 10 heteroatoms. The van der Waals surface area contributed by atoms with Crippen molar-refractivity contribution in [1.82, 2.24) is 0 Å². The normalized spacial score (nSPS) is 39.9. The Morgan fingerprint density at radius 1 is 1.23 bits per heavy atom. The molecule has 0 aromatic rings. The van der Waals surface area contributed by atoms with E-state index in [0.29, 0.717) is 31.2 Å². The monoisotopic (exact) mass is 594 g/mol. The van der Waals surface area contributed by atoms with Gasteiger partial charge in [0.05, 0.1) is 18.6 Å². The number of carbonyl (C=O) groups is 2. The highest BCUT2D eigenvalue weighted by atomic mass is 32.2. The number of ketones is 1. The lowest BCUT2D eigenvalue weighted by Crippen LogP contribution is -2.62. The largest absolute Gasteiger partial charge is 0.393 e. The van der Waals surface area contributed by atoms with Gasteiger partial charge in [-0.2, -0.15) is 0 Å². The highest BCUT2D eigenvalue weighted by Gasteiger charge is 2.69. The third kappa shape index (κ3) is 5.95. The van der Waals surface area contributed by atoms with E-state index in [0.717, 1.165) is 6.08 Å². The van der Waals surface area contributed by atoms with Crippen LogP contribution in [-0.4, -0.2) is 59.0 Å². The first-order valence-electron chi connectivity index (χ1n) is 14.0. The van der Waals surface area contributed by atoms with Gasteiger partial charge in [-0.3, -0.25) is 9.59 Å². The molecule has 5 nitrogen and oxygen atoms in total. The maximum Gasteiger partial charge on any atom is 0.194 e. The van der Waals surface area contributed by atoms with Gasteiger partial charge in [0.15, 0.2) is 10.9 Å². The smallest absolute Gasteiger partial charge is 0.194 e. The van der Waals surface area contributed by atoms with Crippen molar-refractivity contribution in [3.8, 4) is 0 Å². The number of aliphatic hydroxyl groups is 1. The summed E-state index contributed by atoms with van der Waals surface area (Å²) in [5, 5.41) is 10.2. The second-order valence-electron chi connectivity index (χ2n) is 10.9. The topological polar surface area (TPSA) is 72.8 Å². The fourth-order valence-electron chi connectivity index (χ4n) is 7.42. The van der Waals surface area contributed by atoms with Crippen LogP contribution in [-0.2, 0) is 18.8 Å². The third-order valence-corrected chi connectivity index (χ3v) is 11.0. The molecule has 0 amide bonds. The lowest BCUT2D eigenvalue weighted by molar-refractivity contribution is -0.166. The van der Waals surface area contributed by atoms with Gasteiger partial charge in [-0.25, -0.2) is 13.2 Å². The Morgan fingerprint density at radius 2 is 1.90 bits per heavy atom. The minimum absolute atomic E-state index is 0.0431. The number of halogens is 3. The van der Waals surface area contributed by atoms with Crippen molar-refractivity contribution in [3.05, 3.63) is 23.8 Å². The highest BCUT2D eigenvalue weighted by Crippen LogP contribution is 2.67. The summed E-state index contributed by atoms with van der Waals surface area (Å²) >= 11 is 0.592. The number of ether oxygens (including phenoxy) is 1. The molecule has 3 aliphatic carbocycles. The van der Waals surface area contributed by atoms with Crippen LogP contribution in [0.4, 0.5) is 13.2 Å². The van der Waals surface area contributed by atoms with Crippen LogP contribution >= 0.6 is 20.6 Å². The molecule has 0 aromatic heterocycles. The van der Waals surface area contributed by atoms with Gasteiger partial charge in [0, 0.05) is 38.6 Å². The van der Waals surface area contributed by atoms with Crippen molar-refractivity contribution in [2.24, 2.45) is 28.6 Å². The summed E-state index contributed by atoms with van der Waals surface area (Å²) in [6.45, 7) is 13.0. The molecule has 0 saturated heterocycles. The fourth-order valence-corrected chi connectivity index (χ4v) is 8.46. The summed E-state index contributed by atoms with van der Waals surface area (Å²) in [6, 6.07) is -0.848. The molecule has 9 atom stereocenters. The Kier molecular flexibility index (Phi) is 12.3. The molecule has 3 aliphatic rings. The third-order valence-electron chi connectivity index (χ3n) is 9.62. The van der Waals surface area contributed by atoms with Gasteiger partial charge in [0.2, 0.25) is 0 Å². The van der Waals surface area contributed by atoms with Crippen LogP contribution in [0, 0.1) is 28.6 Å². The van der Waals surface area contributed by atoms with Crippen LogP contribution in [0.2, 0.25) is 0 Å². The van der Waals surface area contributed by atoms with E-state index in [1.807, 2.05) is 41.5 Å². The van der Waals surface area contributed by atoms with Crippen molar-refractivity contribution in [2.45, 2.75) is 91.6 Å². The molecule has 2 saturated carbocycles. The van der Waals surface area contributed by atoms with Crippen LogP contribution in [0.25, 0.3) is 0 Å². The molecule has 0 aliphatic heterocycles. The summed E-state index contributed by atoms with van der Waals surface area (Å²) in [4.78, 5) is 24.8. The number of rotatable bonds is 11. The minimum atomic E-state index is -2.24. The van der Waals surface area contributed by atoms with Crippen molar-refractivity contribution in [2.75, 3.05) is 25.6 Å². The van der Waals surface area contributed by atoms with E-state index >= 15 is 8.78 Å². The molecule has 3 rings (SSSR count). The Morgan fingerprint density at radius 3 is 2.46 bits per heavy atom. The zero-order chi connectivity index (χ0) is 29.6. The number of hydrogen-bond donors (Lipinski definition) is 1. The van der Waals surface area contributed by atoms with Crippen molar-refractivity contribution in [1.29, 1.82) is 0 Å². The number of fused-ring (bicyclic) bond motifs is 1. The molecule has 0 spiro atoms. The van der Waals surface area contributed by atoms with Crippen molar-refractivity contribution in [3.63, 3.8) is 0 Å². The fraction of sp³-hybridized carbons (Fsp3) is 0.793. The Hall–Kier alpha value is -0.730. The lowest BCUT2D eigenvalue weighted by Gasteiger charge is -2.57. The first kappa shape index (κ1) is 34.5. The Balaban J connectivity index is 0.00000260. The van der Waals surface area contributed by atoms with Gasteiger partial charge in [0.25, 0.3) is 0 Å². The summed E-state index contributed by atoms with van der Waals surface area (Å²) in [5.41, 5.74) is -5.48. The molecule has 1 N–H and O–H groups in total. The highest BCUT2D eigenvalue weighted by molar-refractivity contribution is 8.13. The second kappa shape index (κ2) is 14.0. The van der Waals surface area contributed by atoms with Crippen LogP contribution < -0.4 is 0 Å². The second-order valence-corrected chi connectivity index (χ2v) is 12.8. The van der Waals surface area contributed by atoms with E-state index in [2.05, 4.69) is 0 Å². The zero-order valence-corrected chi connectivity index (χ0v) is 26.1. The number of alkyl halides is 3. The molecular formula is C29H46F3O5PS. The Bertz CT molecular complexity index is 935. The maximum atomic E-state index is 17.2. The van der Waals surface area contributed by atoms with E-state index in [4.69, 9.17) is 9.26 Å². The summed E-state index contributed by atoms with van der Waals surface area (Å²) < 4.78 is 58.0. The van der Waals surface area contributed by atoms with Crippen molar-refractivity contribution >= 4 is 31.5 Å². The number of hydrogen-bond acceptors (Lipinski definition) is 6. The van der Waals surface area contributed by atoms with Gasteiger partial charge in [-0.1, -0.05) is 52.5 Å². The summed E-state index contributed by atoms with van der Waals surface area (Å²) in [7, 11) is 0.0431. The van der Waals surface area contributed by atoms with Crippen molar-refractivity contribution < 1.29 is 37.1 Å². The average Bonchev–Trinajstić information content (AvgIpc) is 3.13. The predicted molar refractivity (Wildman–Crippen MR) is 153 cm³/mol. The summed E-state index contributed by atoms with van der Waals surface area (Å²) in [5.74, 6) is -1.95. The molecule has 0 heterocycles. The van der Waals surface area contributed by atoms with Gasteiger partial charge < -0.3 is 14.4 Å². The van der Waals surface area contributed by atoms with Gasteiger partial charge in [-0.05, 0) is 62.7 Å². The standard InChI is InChI=1S/C27H40F3O5PS.C2H6/c1-6-24(4)19(10-17(3)27(24,13-23(33)37-15-28)34-16-36-35-7-2)20-12-22(29)21-11-18(32)8-9-25(21,5)26(20,30)14-31;1-2/h8-9,11,17,19-20,22,31,36H,6-7,10,12-16H2,1-5H3;1-2H3/t17-,19+,20?,22+,24?,25?,26-,27-;/m1./s1. The summed E-state index contributed by atoms with van der Waals surface area (Å²) in [6.07, 6.45) is 3.22. The molecule has 0 bridgehead atoms. The predicted octanol–water partition coefficient (Wildman–Crippen LogP) is 7.13. The first-order valence-corrected chi connectivity index (χ1v) is 16.1. The van der Waals surface area contributed by atoms with E-state index in [1.165, 1.54) is 12.2 Å². The lowest BCUT2D eigenvalue weighted by atomic mass is 9.50. The van der Waals surface area contributed by atoms with Gasteiger partial charge in [-0.15, -0.1) is 0 Å². The SMILES string of the molecule is CC.CCOPCO[C@]1(CC(=O)SCF)[C@H](C)C[C@@H](C2C[C@H](F)C3=CC(=O)C=CC3(C)[C@@]2(F)CO)C1(C)CC. The minimum Gasteiger partial charge on any atom is -0.393 e. The zero-order valence-electron chi connectivity index (χ0n) is 24.3.